The van der Waals surface area contributed by atoms with Crippen LogP contribution in [-0.2, 0) is 9.59 Å². The second kappa shape index (κ2) is 7.80. The van der Waals surface area contributed by atoms with E-state index in [-0.39, 0.29) is 24.4 Å². The van der Waals surface area contributed by atoms with Gasteiger partial charge in [-0.2, -0.15) is 0 Å². The molecule has 2 aromatic rings. The number of carbonyl (C=O) groups is 3. The third kappa shape index (κ3) is 3.95. The highest BCUT2D eigenvalue weighted by molar-refractivity contribution is 6.33. The number of hydrogen-bond acceptors (Lipinski definition) is 3. The predicted octanol–water partition coefficient (Wildman–Crippen LogP) is 2.77. The van der Waals surface area contributed by atoms with Crippen LogP contribution in [0.4, 0.5) is 5.69 Å². The van der Waals surface area contributed by atoms with Gasteiger partial charge in [-0.05, 0) is 37.1 Å². The van der Waals surface area contributed by atoms with E-state index in [9.17, 15) is 14.4 Å². The molecule has 140 valence electrons. The Balaban J connectivity index is 1.64. The van der Waals surface area contributed by atoms with Crippen LogP contribution in [0.5, 0.6) is 0 Å². The molecule has 1 heterocycles. The number of hydrogen-bond donors (Lipinski definition) is 2. The first-order valence-electron chi connectivity index (χ1n) is 8.59. The second-order valence-electron chi connectivity index (χ2n) is 6.57. The summed E-state index contributed by atoms with van der Waals surface area (Å²) in [6, 6.07) is 12.4. The van der Waals surface area contributed by atoms with Gasteiger partial charge in [0.05, 0.1) is 16.5 Å². The van der Waals surface area contributed by atoms with E-state index in [4.69, 9.17) is 11.6 Å². The summed E-state index contributed by atoms with van der Waals surface area (Å²) in [5, 5.41) is 0.293. The molecule has 3 rings (SSSR count). The SMILES string of the molecule is Cc1cccc(C)c1N1C[C@@H](C(=O)NNC(=O)c2ccccc2Cl)CC1=O. The summed E-state index contributed by atoms with van der Waals surface area (Å²) in [5.41, 5.74) is 7.83. The standard InChI is InChI=1S/C20H20ClN3O3/c1-12-6-5-7-13(2)18(12)24-11-14(10-17(24)25)19(26)22-23-20(27)15-8-3-4-9-16(15)21/h3-9,14H,10-11H2,1-2H3,(H,22,26)(H,23,27)/t14-/m0/s1. The zero-order valence-electron chi connectivity index (χ0n) is 15.1. The van der Waals surface area contributed by atoms with Gasteiger partial charge in [0.1, 0.15) is 0 Å². The Morgan fingerprint density at radius 3 is 2.37 bits per heavy atom. The quantitative estimate of drug-likeness (QED) is 0.797. The second-order valence-corrected chi connectivity index (χ2v) is 6.98. The lowest BCUT2D eigenvalue weighted by atomic mass is 10.1. The Labute approximate surface area is 162 Å². The number of aryl methyl sites for hydroxylation is 2. The zero-order valence-corrected chi connectivity index (χ0v) is 15.8. The molecule has 0 aromatic heterocycles. The molecule has 27 heavy (non-hydrogen) atoms. The number of hydrazine groups is 1. The maximum atomic E-state index is 12.4. The summed E-state index contributed by atoms with van der Waals surface area (Å²) in [4.78, 5) is 38.6. The number of benzene rings is 2. The van der Waals surface area contributed by atoms with E-state index < -0.39 is 17.7 Å². The zero-order chi connectivity index (χ0) is 19.6. The number of anilines is 1. The smallest absolute Gasteiger partial charge is 0.271 e. The molecule has 2 N–H and O–H groups in total. The molecular weight excluding hydrogens is 366 g/mol. The number of para-hydroxylation sites is 1. The number of halogens is 1. The third-order valence-electron chi connectivity index (χ3n) is 4.62. The monoisotopic (exact) mass is 385 g/mol. The van der Waals surface area contributed by atoms with Crippen LogP contribution < -0.4 is 15.8 Å². The van der Waals surface area contributed by atoms with Gasteiger partial charge in [-0.3, -0.25) is 25.2 Å². The van der Waals surface area contributed by atoms with Crippen molar-refractivity contribution in [1.82, 2.24) is 10.9 Å². The van der Waals surface area contributed by atoms with Crippen molar-refractivity contribution < 1.29 is 14.4 Å². The van der Waals surface area contributed by atoms with Crippen LogP contribution in [0.3, 0.4) is 0 Å². The maximum absolute atomic E-state index is 12.4. The van der Waals surface area contributed by atoms with Crippen LogP contribution in [0.15, 0.2) is 42.5 Å². The van der Waals surface area contributed by atoms with Crippen molar-refractivity contribution in [2.45, 2.75) is 20.3 Å². The lowest BCUT2D eigenvalue weighted by Gasteiger charge is -2.21. The predicted molar refractivity (Wildman–Crippen MR) is 103 cm³/mol. The summed E-state index contributed by atoms with van der Waals surface area (Å²) < 4.78 is 0. The fourth-order valence-corrected chi connectivity index (χ4v) is 3.49. The molecule has 1 aliphatic rings. The van der Waals surface area contributed by atoms with Crippen molar-refractivity contribution in [2.75, 3.05) is 11.4 Å². The third-order valence-corrected chi connectivity index (χ3v) is 4.95. The summed E-state index contributed by atoms with van der Waals surface area (Å²) in [6.07, 6.45) is 0.0988. The summed E-state index contributed by atoms with van der Waals surface area (Å²) in [5.74, 6) is -1.56. The molecule has 0 saturated carbocycles. The van der Waals surface area contributed by atoms with E-state index in [1.54, 1.807) is 29.2 Å². The first kappa shape index (κ1) is 18.9. The van der Waals surface area contributed by atoms with Gasteiger partial charge in [-0.15, -0.1) is 0 Å². The number of nitrogens with zero attached hydrogens (tertiary/aromatic N) is 1. The normalized spacial score (nSPS) is 16.3. The van der Waals surface area contributed by atoms with Crippen LogP contribution in [0.1, 0.15) is 27.9 Å². The van der Waals surface area contributed by atoms with E-state index >= 15 is 0 Å². The molecule has 2 aromatic carbocycles. The van der Waals surface area contributed by atoms with Gasteiger partial charge in [0.25, 0.3) is 5.91 Å². The van der Waals surface area contributed by atoms with Crippen molar-refractivity contribution in [3.05, 3.63) is 64.2 Å². The van der Waals surface area contributed by atoms with Crippen LogP contribution in [0, 0.1) is 19.8 Å². The van der Waals surface area contributed by atoms with Crippen molar-refractivity contribution in [3.63, 3.8) is 0 Å². The Kier molecular flexibility index (Phi) is 5.46. The summed E-state index contributed by atoms with van der Waals surface area (Å²) >= 11 is 5.97. The van der Waals surface area contributed by atoms with Gasteiger partial charge in [0, 0.05) is 18.7 Å². The van der Waals surface area contributed by atoms with E-state index in [0.29, 0.717) is 5.02 Å². The average molecular weight is 386 g/mol. The van der Waals surface area contributed by atoms with E-state index in [2.05, 4.69) is 10.9 Å². The van der Waals surface area contributed by atoms with Gasteiger partial charge >= 0.3 is 0 Å². The van der Waals surface area contributed by atoms with Crippen LogP contribution >= 0.6 is 11.6 Å². The number of carbonyl (C=O) groups excluding carboxylic acids is 3. The molecule has 0 spiro atoms. The Morgan fingerprint density at radius 1 is 1.04 bits per heavy atom. The van der Waals surface area contributed by atoms with Gasteiger partial charge in [0.15, 0.2) is 0 Å². The van der Waals surface area contributed by atoms with Crippen molar-refractivity contribution in [1.29, 1.82) is 0 Å². The lowest BCUT2D eigenvalue weighted by Crippen LogP contribution is -2.45. The highest BCUT2D eigenvalue weighted by Gasteiger charge is 2.36. The van der Waals surface area contributed by atoms with E-state index in [1.165, 1.54) is 0 Å². The first-order chi connectivity index (χ1) is 12.9. The molecule has 7 heteroatoms. The summed E-state index contributed by atoms with van der Waals surface area (Å²) in [7, 11) is 0. The number of rotatable bonds is 3. The number of nitrogens with one attached hydrogen (secondary N) is 2. The molecule has 1 fully saturated rings. The van der Waals surface area contributed by atoms with Crippen LogP contribution in [0.2, 0.25) is 5.02 Å². The Bertz CT molecular complexity index is 893. The highest BCUT2D eigenvalue weighted by atomic mass is 35.5. The maximum Gasteiger partial charge on any atom is 0.271 e. The minimum absolute atomic E-state index is 0.0988. The van der Waals surface area contributed by atoms with E-state index in [1.807, 2.05) is 32.0 Å². The van der Waals surface area contributed by atoms with Gasteiger partial charge in [0.2, 0.25) is 11.8 Å². The first-order valence-corrected chi connectivity index (χ1v) is 8.97. The van der Waals surface area contributed by atoms with E-state index in [0.717, 1.165) is 16.8 Å². The minimum Gasteiger partial charge on any atom is -0.311 e. The fourth-order valence-electron chi connectivity index (χ4n) is 3.26. The molecule has 0 radical (unpaired) electrons. The topological polar surface area (TPSA) is 78.5 Å². The van der Waals surface area contributed by atoms with Gasteiger partial charge in [-0.1, -0.05) is 41.9 Å². The fraction of sp³-hybridized carbons (Fsp3) is 0.250. The lowest BCUT2D eigenvalue weighted by molar-refractivity contribution is -0.126. The van der Waals surface area contributed by atoms with Crippen LogP contribution in [0.25, 0.3) is 0 Å². The summed E-state index contributed by atoms with van der Waals surface area (Å²) in [6.45, 7) is 4.15. The van der Waals surface area contributed by atoms with Crippen molar-refractivity contribution >= 4 is 35.0 Å². The van der Waals surface area contributed by atoms with Crippen molar-refractivity contribution in [3.8, 4) is 0 Å². The van der Waals surface area contributed by atoms with Gasteiger partial charge < -0.3 is 4.90 Å². The Morgan fingerprint density at radius 2 is 1.70 bits per heavy atom. The molecule has 1 saturated heterocycles. The minimum atomic E-state index is -0.539. The molecule has 0 unspecified atom stereocenters. The molecule has 0 bridgehead atoms. The molecule has 3 amide bonds. The van der Waals surface area contributed by atoms with Crippen LogP contribution in [-0.4, -0.2) is 24.3 Å². The van der Waals surface area contributed by atoms with Gasteiger partial charge in [-0.25, -0.2) is 0 Å². The molecule has 1 atom stereocenters. The molecule has 1 aliphatic heterocycles. The highest BCUT2D eigenvalue weighted by Crippen LogP contribution is 2.30. The molecule has 0 aliphatic carbocycles. The average Bonchev–Trinajstić information content (AvgIpc) is 3.01. The molecule has 6 nitrogen and oxygen atoms in total. The Hall–Kier alpha value is -2.86. The molecular formula is C20H20ClN3O3. The van der Waals surface area contributed by atoms with Crippen molar-refractivity contribution in [2.24, 2.45) is 5.92 Å². The largest absolute Gasteiger partial charge is 0.311 e. The number of amides is 3.